The van der Waals surface area contributed by atoms with Gasteiger partial charge >= 0.3 is 0 Å². The van der Waals surface area contributed by atoms with E-state index in [4.69, 9.17) is 5.73 Å². The van der Waals surface area contributed by atoms with Crippen LogP contribution in [0.15, 0.2) is 42.9 Å². The Morgan fingerprint density at radius 1 is 1.38 bits per heavy atom. The van der Waals surface area contributed by atoms with Gasteiger partial charge in [0.15, 0.2) is 0 Å². The van der Waals surface area contributed by atoms with Gasteiger partial charge in [0, 0.05) is 45.1 Å². The molecule has 1 heterocycles. The lowest BCUT2D eigenvalue weighted by atomic mass is 10.3. The van der Waals surface area contributed by atoms with E-state index in [-0.39, 0.29) is 5.91 Å². The van der Waals surface area contributed by atoms with Gasteiger partial charge in [0.25, 0.3) is 5.91 Å². The van der Waals surface area contributed by atoms with Gasteiger partial charge in [0.05, 0.1) is 6.33 Å². The van der Waals surface area contributed by atoms with Gasteiger partial charge in [-0.15, -0.1) is 0 Å². The highest BCUT2D eigenvalue weighted by Crippen LogP contribution is 2.09. The Kier molecular flexibility index (Phi) is 5.34. The van der Waals surface area contributed by atoms with Crippen molar-refractivity contribution >= 4 is 11.6 Å². The number of imidazole rings is 1. The number of hydrogen-bond acceptors (Lipinski definition) is 4. The van der Waals surface area contributed by atoms with E-state index < -0.39 is 0 Å². The van der Waals surface area contributed by atoms with Crippen LogP contribution in [0.25, 0.3) is 0 Å². The Balaban J connectivity index is 1.78. The number of carbonyl (C=O) groups is 1. The second-order valence-electron chi connectivity index (χ2n) is 4.80. The van der Waals surface area contributed by atoms with E-state index in [1.165, 1.54) is 0 Å². The van der Waals surface area contributed by atoms with E-state index in [0.29, 0.717) is 25.3 Å². The smallest absolute Gasteiger partial charge is 0.271 e. The number of amides is 1. The SMILES string of the molecule is CN(CCNC(=O)c1cn(CCN)cn1)c1ccccc1. The van der Waals surface area contributed by atoms with Crippen LogP contribution in [-0.2, 0) is 6.54 Å². The number of nitrogens with one attached hydrogen (secondary N) is 1. The van der Waals surface area contributed by atoms with E-state index in [1.807, 2.05) is 41.9 Å². The van der Waals surface area contributed by atoms with Crippen LogP contribution in [0.4, 0.5) is 5.69 Å². The van der Waals surface area contributed by atoms with E-state index in [1.54, 1.807) is 12.5 Å². The maximum absolute atomic E-state index is 11.9. The number of likely N-dealkylation sites (N-methyl/N-ethyl adjacent to an activating group) is 1. The maximum Gasteiger partial charge on any atom is 0.271 e. The molecule has 0 fully saturated rings. The third kappa shape index (κ3) is 4.32. The highest BCUT2D eigenvalue weighted by atomic mass is 16.1. The molecule has 0 radical (unpaired) electrons. The first-order valence-electron chi connectivity index (χ1n) is 6.97. The minimum absolute atomic E-state index is 0.160. The molecule has 112 valence electrons. The topological polar surface area (TPSA) is 76.2 Å². The van der Waals surface area contributed by atoms with Gasteiger partial charge in [-0.3, -0.25) is 4.79 Å². The zero-order valence-corrected chi connectivity index (χ0v) is 12.2. The largest absolute Gasteiger partial charge is 0.373 e. The number of carbonyl (C=O) groups excluding carboxylic acids is 1. The summed E-state index contributed by atoms with van der Waals surface area (Å²) in [4.78, 5) is 18.1. The average molecular weight is 287 g/mol. The quantitative estimate of drug-likeness (QED) is 0.786. The van der Waals surface area contributed by atoms with Crippen LogP contribution in [0.5, 0.6) is 0 Å². The molecule has 0 aliphatic rings. The number of benzene rings is 1. The van der Waals surface area contributed by atoms with E-state index in [0.717, 1.165) is 12.2 Å². The molecule has 0 saturated heterocycles. The third-order valence-electron chi connectivity index (χ3n) is 3.18. The molecule has 2 rings (SSSR count). The average Bonchev–Trinajstić information content (AvgIpc) is 2.97. The number of hydrogen-bond donors (Lipinski definition) is 2. The molecule has 0 unspecified atom stereocenters. The lowest BCUT2D eigenvalue weighted by Gasteiger charge is -2.19. The highest BCUT2D eigenvalue weighted by Gasteiger charge is 2.09. The van der Waals surface area contributed by atoms with E-state index in [9.17, 15) is 4.79 Å². The van der Waals surface area contributed by atoms with Gasteiger partial charge in [-0.05, 0) is 12.1 Å². The molecular formula is C15H21N5O. The fourth-order valence-corrected chi connectivity index (χ4v) is 1.99. The van der Waals surface area contributed by atoms with Gasteiger partial charge in [0.1, 0.15) is 5.69 Å². The molecular weight excluding hydrogens is 266 g/mol. The van der Waals surface area contributed by atoms with Crippen molar-refractivity contribution in [3.05, 3.63) is 48.5 Å². The standard InChI is InChI=1S/C15H21N5O/c1-19(13-5-3-2-4-6-13)10-8-17-15(21)14-11-20(9-7-16)12-18-14/h2-6,11-12H,7-10,16H2,1H3,(H,17,21). The minimum atomic E-state index is -0.160. The van der Waals surface area contributed by atoms with Crippen LogP contribution in [-0.4, -0.2) is 42.1 Å². The number of rotatable bonds is 7. The monoisotopic (exact) mass is 287 g/mol. The molecule has 0 atom stereocenters. The molecule has 3 N–H and O–H groups in total. The number of para-hydroxylation sites is 1. The molecule has 6 heteroatoms. The fourth-order valence-electron chi connectivity index (χ4n) is 1.99. The van der Waals surface area contributed by atoms with Crippen LogP contribution < -0.4 is 16.0 Å². The number of nitrogens with zero attached hydrogens (tertiary/aromatic N) is 3. The summed E-state index contributed by atoms with van der Waals surface area (Å²) in [7, 11) is 2.00. The molecule has 0 saturated carbocycles. The van der Waals surface area contributed by atoms with Crippen molar-refractivity contribution in [1.82, 2.24) is 14.9 Å². The zero-order chi connectivity index (χ0) is 15.1. The van der Waals surface area contributed by atoms with Crippen LogP contribution in [0.3, 0.4) is 0 Å². The van der Waals surface area contributed by atoms with Crippen molar-refractivity contribution in [2.75, 3.05) is 31.6 Å². The molecule has 1 aromatic heterocycles. The van der Waals surface area contributed by atoms with Gasteiger partial charge < -0.3 is 20.5 Å². The van der Waals surface area contributed by atoms with Crippen LogP contribution in [0, 0.1) is 0 Å². The Morgan fingerprint density at radius 3 is 2.86 bits per heavy atom. The first kappa shape index (κ1) is 15.1. The van der Waals surface area contributed by atoms with E-state index in [2.05, 4.69) is 15.2 Å². The Bertz CT molecular complexity index is 566. The molecule has 6 nitrogen and oxygen atoms in total. The Morgan fingerprint density at radius 2 is 2.14 bits per heavy atom. The third-order valence-corrected chi connectivity index (χ3v) is 3.18. The minimum Gasteiger partial charge on any atom is -0.373 e. The normalized spacial score (nSPS) is 10.4. The summed E-state index contributed by atoms with van der Waals surface area (Å²) in [5, 5.41) is 2.87. The molecule has 0 spiro atoms. The maximum atomic E-state index is 11.9. The van der Waals surface area contributed by atoms with Crippen LogP contribution in [0.2, 0.25) is 0 Å². The van der Waals surface area contributed by atoms with Crippen molar-refractivity contribution in [3.63, 3.8) is 0 Å². The van der Waals surface area contributed by atoms with Crippen molar-refractivity contribution in [1.29, 1.82) is 0 Å². The highest BCUT2D eigenvalue weighted by molar-refractivity contribution is 5.92. The van der Waals surface area contributed by atoms with E-state index >= 15 is 0 Å². The summed E-state index contributed by atoms with van der Waals surface area (Å²) in [5.41, 5.74) is 7.01. The second-order valence-corrected chi connectivity index (χ2v) is 4.80. The van der Waals surface area contributed by atoms with Crippen molar-refractivity contribution in [3.8, 4) is 0 Å². The molecule has 0 bridgehead atoms. The molecule has 21 heavy (non-hydrogen) atoms. The van der Waals surface area contributed by atoms with Crippen molar-refractivity contribution in [2.24, 2.45) is 5.73 Å². The van der Waals surface area contributed by atoms with Gasteiger partial charge in [-0.25, -0.2) is 4.98 Å². The number of nitrogens with two attached hydrogens (primary N) is 1. The first-order chi connectivity index (χ1) is 10.2. The van der Waals surface area contributed by atoms with Gasteiger partial charge in [-0.1, -0.05) is 18.2 Å². The summed E-state index contributed by atoms with van der Waals surface area (Å²) in [6.45, 7) is 2.49. The molecule has 0 aliphatic heterocycles. The first-order valence-corrected chi connectivity index (χ1v) is 6.97. The second kappa shape index (κ2) is 7.44. The number of anilines is 1. The lowest BCUT2D eigenvalue weighted by Crippen LogP contribution is -2.33. The Labute approximate surface area is 124 Å². The van der Waals surface area contributed by atoms with Crippen LogP contribution in [0.1, 0.15) is 10.5 Å². The molecule has 2 aromatic rings. The Hall–Kier alpha value is -2.34. The molecule has 1 amide bonds. The van der Waals surface area contributed by atoms with Crippen molar-refractivity contribution in [2.45, 2.75) is 6.54 Å². The predicted molar refractivity (Wildman–Crippen MR) is 83.3 cm³/mol. The predicted octanol–water partition coefficient (Wildman–Crippen LogP) is 0.708. The summed E-state index contributed by atoms with van der Waals surface area (Å²) in [5.74, 6) is -0.160. The summed E-state index contributed by atoms with van der Waals surface area (Å²) in [6.07, 6.45) is 3.33. The molecule has 1 aromatic carbocycles. The molecule has 0 aliphatic carbocycles. The lowest BCUT2D eigenvalue weighted by molar-refractivity contribution is 0.0950. The summed E-state index contributed by atoms with van der Waals surface area (Å²) < 4.78 is 1.81. The van der Waals surface area contributed by atoms with Crippen molar-refractivity contribution < 1.29 is 4.79 Å². The summed E-state index contributed by atoms with van der Waals surface area (Å²) in [6, 6.07) is 10.0. The number of aromatic nitrogens is 2. The van der Waals surface area contributed by atoms with Gasteiger partial charge in [0.2, 0.25) is 0 Å². The zero-order valence-electron chi connectivity index (χ0n) is 12.2. The van der Waals surface area contributed by atoms with Crippen LogP contribution >= 0.6 is 0 Å². The summed E-state index contributed by atoms with van der Waals surface area (Å²) >= 11 is 0. The van der Waals surface area contributed by atoms with Gasteiger partial charge in [-0.2, -0.15) is 0 Å². The fraction of sp³-hybridized carbons (Fsp3) is 0.333.